The summed E-state index contributed by atoms with van der Waals surface area (Å²) in [6, 6.07) is 11.0. The van der Waals surface area contributed by atoms with Crippen molar-refractivity contribution in [3.8, 4) is 22.8 Å². The van der Waals surface area contributed by atoms with Crippen LogP contribution in [0.15, 0.2) is 42.5 Å². The highest BCUT2D eigenvalue weighted by Crippen LogP contribution is 2.47. The molecule has 0 spiro atoms. The number of carbonyl (C=O) groups is 1. The second-order valence-electron chi connectivity index (χ2n) is 12.4. The van der Waals surface area contributed by atoms with Crippen LogP contribution in [0, 0.1) is 5.82 Å². The highest BCUT2D eigenvalue weighted by molar-refractivity contribution is 5.78. The SMILES string of the molecule is CC1c2ccc(O[C@H]3CN4c5cc(-c6cccc(F)c6O)nnc5NC[C@@]4(C(F)F)C3)cc2CCN1C(=O)OC(C)(C)C. The Balaban J connectivity index is 1.24. The summed E-state index contributed by atoms with van der Waals surface area (Å²) in [5.74, 6) is -0.505. The van der Waals surface area contributed by atoms with Gasteiger partial charge in [0.15, 0.2) is 17.4 Å². The van der Waals surface area contributed by atoms with E-state index in [0.717, 1.165) is 17.2 Å². The molecule has 1 fully saturated rings. The second-order valence-corrected chi connectivity index (χ2v) is 12.4. The Bertz CT molecular complexity index is 1560. The summed E-state index contributed by atoms with van der Waals surface area (Å²) in [4.78, 5) is 16.0. The van der Waals surface area contributed by atoms with E-state index in [2.05, 4.69) is 15.5 Å². The lowest BCUT2D eigenvalue weighted by Crippen LogP contribution is -2.57. The maximum Gasteiger partial charge on any atom is 0.410 e. The van der Waals surface area contributed by atoms with Crippen LogP contribution in [0.2, 0.25) is 0 Å². The molecule has 0 radical (unpaired) electrons. The lowest BCUT2D eigenvalue weighted by atomic mass is 9.93. The molecule has 3 atom stereocenters. The van der Waals surface area contributed by atoms with E-state index in [1.165, 1.54) is 12.1 Å². The topological polar surface area (TPSA) is 100 Å². The molecular formula is C31H34F3N5O4. The number of anilines is 2. The highest BCUT2D eigenvalue weighted by atomic mass is 19.3. The fourth-order valence-corrected chi connectivity index (χ4v) is 6.27. The number of phenolic OH excluding ortho intramolecular Hbond substituents is 1. The Morgan fingerprint density at radius 1 is 1.19 bits per heavy atom. The number of alkyl halides is 2. The maximum absolute atomic E-state index is 14.8. The molecular weight excluding hydrogens is 563 g/mol. The van der Waals surface area contributed by atoms with Crippen molar-refractivity contribution in [3.63, 3.8) is 0 Å². The van der Waals surface area contributed by atoms with Gasteiger partial charge in [0.1, 0.15) is 23.0 Å². The summed E-state index contributed by atoms with van der Waals surface area (Å²) in [7, 11) is 0. The number of ether oxygens (including phenoxy) is 2. The van der Waals surface area contributed by atoms with Gasteiger partial charge in [0, 0.05) is 25.1 Å². The van der Waals surface area contributed by atoms with Crippen molar-refractivity contribution in [2.45, 2.75) is 70.2 Å². The van der Waals surface area contributed by atoms with Gasteiger partial charge in [0.05, 0.1) is 24.0 Å². The predicted molar refractivity (Wildman–Crippen MR) is 154 cm³/mol. The van der Waals surface area contributed by atoms with Crippen LogP contribution < -0.4 is 15.0 Å². The molecule has 0 aliphatic carbocycles. The molecule has 1 saturated heterocycles. The minimum atomic E-state index is -2.70. The number of rotatable bonds is 4. The Morgan fingerprint density at radius 3 is 2.72 bits per heavy atom. The maximum atomic E-state index is 14.8. The van der Waals surface area contributed by atoms with Gasteiger partial charge in [-0.05, 0) is 75.6 Å². The first kappa shape index (κ1) is 28.9. The lowest BCUT2D eigenvalue weighted by Gasteiger charge is -2.43. The van der Waals surface area contributed by atoms with E-state index in [0.29, 0.717) is 30.2 Å². The first-order valence-corrected chi connectivity index (χ1v) is 14.3. The number of hydrogen-bond acceptors (Lipinski definition) is 8. The van der Waals surface area contributed by atoms with Gasteiger partial charge in [-0.25, -0.2) is 18.0 Å². The first-order chi connectivity index (χ1) is 20.4. The zero-order valence-corrected chi connectivity index (χ0v) is 24.4. The van der Waals surface area contributed by atoms with E-state index in [4.69, 9.17) is 9.47 Å². The van der Waals surface area contributed by atoms with Crippen molar-refractivity contribution in [2.24, 2.45) is 0 Å². The van der Waals surface area contributed by atoms with E-state index < -0.39 is 35.2 Å². The zero-order chi connectivity index (χ0) is 30.7. The number of aromatic nitrogens is 2. The van der Waals surface area contributed by atoms with Gasteiger partial charge in [-0.2, -0.15) is 0 Å². The molecule has 1 amide bonds. The largest absolute Gasteiger partial charge is 0.504 e. The fraction of sp³-hybridized carbons (Fsp3) is 0.452. The van der Waals surface area contributed by atoms with Crippen molar-refractivity contribution < 1.29 is 32.5 Å². The molecule has 3 aromatic rings. The number of phenols is 1. The van der Waals surface area contributed by atoms with Crippen molar-refractivity contribution in [1.29, 1.82) is 0 Å². The van der Waals surface area contributed by atoms with Gasteiger partial charge in [-0.15, -0.1) is 10.2 Å². The Kier molecular flexibility index (Phi) is 7.05. The Morgan fingerprint density at radius 2 is 1.98 bits per heavy atom. The van der Waals surface area contributed by atoms with Gasteiger partial charge in [-0.3, -0.25) is 0 Å². The average Bonchev–Trinajstić information content (AvgIpc) is 3.33. The van der Waals surface area contributed by atoms with Crippen molar-refractivity contribution in [2.75, 3.05) is 29.9 Å². The normalized spacial score (nSPS) is 22.9. The number of para-hydroxylation sites is 1. The standard InChI is InChI=1S/C31H34F3N5O4/c1-17-21-9-8-19(12-18(21)10-11-38(17)29(41)43-30(2,3)4)42-20-14-31(28(33)34)16-35-27-25(39(31)15-20)13-24(36-37-27)22-6-5-7-23(32)26(22)40/h5-9,12-13,17,20,28,40H,10-11,14-16H2,1-4H3,(H,35,37)/t17?,20-,31-/m1/s1. The van der Waals surface area contributed by atoms with Crippen LogP contribution in [0.4, 0.5) is 29.5 Å². The summed E-state index contributed by atoms with van der Waals surface area (Å²) in [5, 5.41) is 21.5. The number of aromatic hydroxyl groups is 1. The molecule has 3 aliphatic heterocycles. The van der Waals surface area contributed by atoms with Gasteiger partial charge in [0.2, 0.25) is 0 Å². The minimum absolute atomic E-state index is 0.0554. The molecule has 2 aromatic carbocycles. The van der Waals surface area contributed by atoms with E-state index >= 15 is 0 Å². The average molecular weight is 598 g/mol. The summed E-state index contributed by atoms with van der Waals surface area (Å²) >= 11 is 0. The smallest absolute Gasteiger partial charge is 0.410 e. The number of nitrogens with one attached hydrogen (secondary N) is 1. The molecule has 2 N–H and O–H groups in total. The summed E-state index contributed by atoms with van der Waals surface area (Å²) < 4.78 is 55.5. The molecule has 0 saturated carbocycles. The third-order valence-electron chi connectivity index (χ3n) is 8.39. The molecule has 43 heavy (non-hydrogen) atoms. The van der Waals surface area contributed by atoms with Crippen molar-refractivity contribution in [3.05, 3.63) is 59.4 Å². The van der Waals surface area contributed by atoms with Crippen LogP contribution in [-0.4, -0.2) is 69.6 Å². The molecule has 4 heterocycles. The Hall–Kier alpha value is -4.22. The van der Waals surface area contributed by atoms with Crippen molar-refractivity contribution >= 4 is 17.6 Å². The van der Waals surface area contributed by atoms with E-state index in [1.807, 2.05) is 45.9 Å². The second kappa shape index (κ2) is 10.5. The van der Waals surface area contributed by atoms with Crippen LogP contribution in [0.1, 0.15) is 51.3 Å². The Labute approximate surface area is 247 Å². The summed E-state index contributed by atoms with van der Waals surface area (Å²) in [6.45, 7) is 8.06. The molecule has 228 valence electrons. The molecule has 9 nitrogen and oxygen atoms in total. The number of fused-ring (bicyclic) bond motifs is 4. The monoisotopic (exact) mass is 597 g/mol. The number of nitrogens with zero attached hydrogens (tertiary/aromatic N) is 4. The van der Waals surface area contributed by atoms with E-state index in [9.17, 15) is 23.1 Å². The minimum Gasteiger partial charge on any atom is -0.504 e. The quantitative estimate of drug-likeness (QED) is 0.382. The molecule has 0 bridgehead atoms. The molecule has 1 unspecified atom stereocenters. The summed E-state index contributed by atoms with van der Waals surface area (Å²) in [5.41, 5.74) is 0.532. The molecule has 1 aromatic heterocycles. The fourth-order valence-electron chi connectivity index (χ4n) is 6.27. The zero-order valence-electron chi connectivity index (χ0n) is 24.4. The van der Waals surface area contributed by atoms with Crippen LogP contribution >= 0.6 is 0 Å². The molecule has 6 rings (SSSR count). The number of amides is 1. The van der Waals surface area contributed by atoms with E-state index in [1.54, 1.807) is 15.9 Å². The van der Waals surface area contributed by atoms with Crippen LogP contribution in [-0.2, 0) is 11.2 Å². The van der Waals surface area contributed by atoms with Crippen molar-refractivity contribution in [1.82, 2.24) is 15.1 Å². The van der Waals surface area contributed by atoms with Gasteiger partial charge < -0.3 is 29.7 Å². The predicted octanol–water partition coefficient (Wildman–Crippen LogP) is 5.93. The molecule has 12 heteroatoms. The summed E-state index contributed by atoms with van der Waals surface area (Å²) in [6.07, 6.45) is -2.96. The number of carbonyl (C=O) groups excluding carboxylic acids is 1. The van der Waals surface area contributed by atoms with Crippen LogP contribution in [0.3, 0.4) is 0 Å². The number of halogens is 3. The highest BCUT2D eigenvalue weighted by Gasteiger charge is 2.56. The van der Waals surface area contributed by atoms with Gasteiger partial charge >= 0.3 is 6.09 Å². The first-order valence-electron chi connectivity index (χ1n) is 14.3. The van der Waals surface area contributed by atoms with Gasteiger partial charge in [-0.1, -0.05) is 12.1 Å². The lowest BCUT2D eigenvalue weighted by molar-refractivity contribution is 0.0159. The third kappa shape index (κ3) is 5.16. The van der Waals surface area contributed by atoms with Crippen LogP contribution in [0.25, 0.3) is 11.3 Å². The number of hydrogen-bond donors (Lipinski definition) is 2. The number of benzene rings is 2. The van der Waals surface area contributed by atoms with Gasteiger partial charge in [0.25, 0.3) is 6.43 Å². The van der Waals surface area contributed by atoms with E-state index in [-0.39, 0.29) is 42.9 Å². The van der Waals surface area contributed by atoms with Crippen LogP contribution in [0.5, 0.6) is 11.5 Å². The molecule has 3 aliphatic rings. The third-order valence-corrected chi connectivity index (χ3v) is 8.39.